The zero-order valence-electron chi connectivity index (χ0n) is 8.93. The van der Waals surface area contributed by atoms with Crippen LogP contribution in [0.3, 0.4) is 0 Å². The van der Waals surface area contributed by atoms with Gasteiger partial charge in [-0.2, -0.15) is 0 Å². The average molecular weight is 211 g/mol. The number of aryl methyl sites for hydroxylation is 1. The van der Waals surface area contributed by atoms with Gasteiger partial charge in [-0.25, -0.2) is 9.97 Å². The monoisotopic (exact) mass is 211 g/mol. The van der Waals surface area contributed by atoms with Gasteiger partial charge in [-0.1, -0.05) is 24.3 Å². The molecule has 0 saturated carbocycles. The standard InChI is InChI=1S/C13H13N3/c1-2-4-11-10(3-1)5-6-12(11)16-13-7-8-14-9-15-13/h1-4,7-9,12H,5-6H2,(H,14,15,16)/t12-/m0/s1. The van der Waals surface area contributed by atoms with E-state index in [0.29, 0.717) is 6.04 Å². The highest BCUT2D eigenvalue weighted by molar-refractivity contribution is 5.42. The minimum atomic E-state index is 0.395. The van der Waals surface area contributed by atoms with Crippen LogP contribution in [-0.4, -0.2) is 9.97 Å². The molecule has 1 aromatic carbocycles. The van der Waals surface area contributed by atoms with Gasteiger partial charge in [-0.05, 0) is 30.0 Å². The smallest absolute Gasteiger partial charge is 0.129 e. The van der Waals surface area contributed by atoms with Gasteiger partial charge in [0.25, 0.3) is 0 Å². The number of anilines is 1. The van der Waals surface area contributed by atoms with E-state index in [2.05, 4.69) is 39.6 Å². The Bertz CT molecular complexity index is 482. The first-order chi connectivity index (χ1) is 7.93. The molecule has 2 aromatic rings. The molecule has 80 valence electrons. The Morgan fingerprint density at radius 2 is 2.12 bits per heavy atom. The summed E-state index contributed by atoms with van der Waals surface area (Å²) >= 11 is 0. The summed E-state index contributed by atoms with van der Waals surface area (Å²) in [6.07, 6.45) is 5.63. The van der Waals surface area contributed by atoms with Crippen molar-refractivity contribution in [2.75, 3.05) is 5.32 Å². The summed E-state index contributed by atoms with van der Waals surface area (Å²) in [7, 11) is 0. The van der Waals surface area contributed by atoms with Crippen molar-refractivity contribution in [1.82, 2.24) is 9.97 Å². The first kappa shape index (κ1) is 9.33. The number of hydrogen-bond donors (Lipinski definition) is 1. The largest absolute Gasteiger partial charge is 0.363 e. The maximum Gasteiger partial charge on any atom is 0.129 e. The van der Waals surface area contributed by atoms with E-state index in [1.165, 1.54) is 11.1 Å². The van der Waals surface area contributed by atoms with Gasteiger partial charge in [-0.15, -0.1) is 0 Å². The van der Waals surface area contributed by atoms with Gasteiger partial charge in [0.1, 0.15) is 12.1 Å². The Labute approximate surface area is 94.6 Å². The molecule has 0 unspecified atom stereocenters. The van der Waals surface area contributed by atoms with Crippen molar-refractivity contribution in [3.8, 4) is 0 Å². The topological polar surface area (TPSA) is 37.8 Å². The van der Waals surface area contributed by atoms with Crippen LogP contribution >= 0.6 is 0 Å². The number of aromatic nitrogens is 2. The van der Waals surface area contributed by atoms with Gasteiger partial charge in [0.2, 0.25) is 0 Å². The maximum absolute atomic E-state index is 4.19. The van der Waals surface area contributed by atoms with E-state index in [9.17, 15) is 0 Å². The minimum absolute atomic E-state index is 0.395. The molecule has 1 atom stereocenters. The number of nitrogens with zero attached hydrogens (tertiary/aromatic N) is 2. The quantitative estimate of drug-likeness (QED) is 0.829. The Morgan fingerprint density at radius 1 is 1.19 bits per heavy atom. The van der Waals surface area contributed by atoms with Crippen LogP contribution in [0.2, 0.25) is 0 Å². The Morgan fingerprint density at radius 3 is 3.00 bits per heavy atom. The van der Waals surface area contributed by atoms with Crippen molar-refractivity contribution in [2.45, 2.75) is 18.9 Å². The van der Waals surface area contributed by atoms with E-state index in [0.717, 1.165) is 18.7 Å². The fraction of sp³-hybridized carbons (Fsp3) is 0.231. The lowest BCUT2D eigenvalue weighted by Crippen LogP contribution is -2.08. The van der Waals surface area contributed by atoms with Crippen molar-refractivity contribution in [3.05, 3.63) is 54.0 Å². The second-order valence-electron chi connectivity index (χ2n) is 4.03. The predicted molar refractivity (Wildman–Crippen MR) is 63.2 cm³/mol. The van der Waals surface area contributed by atoms with Crippen molar-refractivity contribution < 1.29 is 0 Å². The van der Waals surface area contributed by atoms with Gasteiger partial charge in [0.15, 0.2) is 0 Å². The summed E-state index contributed by atoms with van der Waals surface area (Å²) in [4.78, 5) is 8.11. The molecule has 0 fully saturated rings. The molecule has 1 N–H and O–H groups in total. The molecule has 1 aromatic heterocycles. The Kier molecular flexibility index (Phi) is 2.29. The highest BCUT2D eigenvalue weighted by Crippen LogP contribution is 2.32. The third-order valence-electron chi connectivity index (χ3n) is 3.04. The van der Waals surface area contributed by atoms with Crippen LogP contribution in [0, 0.1) is 0 Å². The first-order valence-corrected chi connectivity index (χ1v) is 5.54. The number of hydrogen-bond acceptors (Lipinski definition) is 3. The molecular formula is C13H13N3. The molecular weight excluding hydrogens is 198 g/mol. The molecule has 0 saturated heterocycles. The zero-order chi connectivity index (χ0) is 10.8. The van der Waals surface area contributed by atoms with Crippen LogP contribution < -0.4 is 5.32 Å². The van der Waals surface area contributed by atoms with Crippen molar-refractivity contribution >= 4 is 5.82 Å². The summed E-state index contributed by atoms with van der Waals surface area (Å²) in [5.74, 6) is 0.900. The second kappa shape index (κ2) is 3.93. The molecule has 1 aliphatic carbocycles. The molecule has 3 heteroatoms. The summed E-state index contributed by atoms with van der Waals surface area (Å²) in [5.41, 5.74) is 2.86. The third kappa shape index (κ3) is 1.65. The van der Waals surface area contributed by atoms with Gasteiger partial charge in [0, 0.05) is 6.20 Å². The molecule has 0 spiro atoms. The van der Waals surface area contributed by atoms with Crippen LogP contribution in [0.25, 0.3) is 0 Å². The van der Waals surface area contributed by atoms with Crippen LogP contribution in [-0.2, 0) is 6.42 Å². The molecule has 0 aliphatic heterocycles. The van der Waals surface area contributed by atoms with E-state index in [1.807, 2.05) is 6.07 Å². The van der Waals surface area contributed by atoms with Gasteiger partial charge in [-0.3, -0.25) is 0 Å². The lowest BCUT2D eigenvalue weighted by atomic mass is 10.1. The lowest BCUT2D eigenvalue weighted by molar-refractivity contribution is 0.756. The van der Waals surface area contributed by atoms with Gasteiger partial charge < -0.3 is 5.32 Å². The van der Waals surface area contributed by atoms with Gasteiger partial charge >= 0.3 is 0 Å². The summed E-state index contributed by atoms with van der Waals surface area (Å²) in [6, 6.07) is 10.9. The van der Waals surface area contributed by atoms with Crippen LogP contribution in [0.4, 0.5) is 5.82 Å². The van der Waals surface area contributed by atoms with E-state index < -0.39 is 0 Å². The molecule has 16 heavy (non-hydrogen) atoms. The van der Waals surface area contributed by atoms with E-state index in [4.69, 9.17) is 0 Å². The lowest BCUT2D eigenvalue weighted by Gasteiger charge is -2.14. The Hall–Kier alpha value is -1.90. The zero-order valence-corrected chi connectivity index (χ0v) is 8.93. The summed E-state index contributed by atoms with van der Waals surface area (Å²) in [6.45, 7) is 0. The molecule has 0 radical (unpaired) electrons. The number of nitrogens with one attached hydrogen (secondary N) is 1. The maximum atomic E-state index is 4.19. The normalized spacial score (nSPS) is 18.1. The molecule has 1 aliphatic rings. The highest BCUT2D eigenvalue weighted by atomic mass is 15.0. The predicted octanol–water partition coefficient (Wildman–Crippen LogP) is 2.58. The van der Waals surface area contributed by atoms with Crippen molar-refractivity contribution in [3.63, 3.8) is 0 Å². The third-order valence-corrected chi connectivity index (χ3v) is 3.04. The molecule has 1 heterocycles. The highest BCUT2D eigenvalue weighted by Gasteiger charge is 2.21. The van der Waals surface area contributed by atoms with Crippen LogP contribution in [0.15, 0.2) is 42.9 Å². The first-order valence-electron chi connectivity index (χ1n) is 5.54. The summed E-state index contributed by atoms with van der Waals surface area (Å²) in [5, 5.41) is 3.45. The SMILES string of the molecule is c1ccc2c(c1)CC[C@@H]2Nc1ccncn1. The number of benzene rings is 1. The number of fused-ring (bicyclic) bond motifs is 1. The Balaban J connectivity index is 1.84. The average Bonchev–Trinajstić information content (AvgIpc) is 2.74. The number of rotatable bonds is 2. The molecule has 0 amide bonds. The van der Waals surface area contributed by atoms with Crippen molar-refractivity contribution in [2.24, 2.45) is 0 Å². The van der Waals surface area contributed by atoms with Crippen LogP contribution in [0.5, 0.6) is 0 Å². The molecule has 3 nitrogen and oxygen atoms in total. The van der Waals surface area contributed by atoms with Crippen LogP contribution in [0.1, 0.15) is 23.6 Å². The minimum Gasteiger partial charge on any atom is -0.363 e. The molecule has 3 rings (SSSR count). The van der Waals surface area contributed by atoms with Gasteiger partial charge in [0.05, 0.1) is 6.04 Å². The van der Waals surface area contributed by atoms with E-state index in [-0.39, 0.29) is 0 Å². The molecule has 0 bridgehead atoms. The van der Waals surface area contributed by atoms with E-state index in [1.54, 1.807) is 12.5 Å². The second-order valence-corrected chi connectivity index (χ2v) is 4.03. The fourth-order valence-corrected chi connectivity index (χ4v) is 2.26. The van der Waals surface area contributed by atoms with E-state index >= 15 is 0 Å². The summed E-state index contributed by atoms with van der Waals surface area (Å²) < 4.78 is 0. The fourth-order valence-electron chi connectivity index (χ4n) is 2.26. The van der Waals surface area contributed by atoms with Crippen molar-refractivity contribution in [1.29, 1.82) is 0 Å².